The first kappa shape index (κ1) is 12.4. The molecular weight excluding hydrogens is 280 g/mol. The van der Waals surface area contributed by atoms with E-state index in [1.165, 1.54) is 5.56 Å². The summed E-state index contributed by atoms with van der Waals surface area (Å²) in [4.78, 5) is 11.6. The zero-order valence-electron chi connectivity index (χ0n) is 10.1. The van der Waals surface area contributed by atoms with E-state index in [4.69, 9.17) is 0 Å². The molecule has 1 amide bonds. The first-order valence-corrected chi connectivity index (χ1v) is 6.65. The summed E-state index contributed by atoms with van der Waals surface area (Å²) in [5.74, 6) is 0.0689. The van der Waals surface area contributed by atoms with E-state index in [1.807, 2.05) is 13.0 Å². The Hall–Kier alpha value is -1.03. The topological polar surface area (TPSA) is 41.1 Å². The Morgan fingerprint density at radius 1 is 1.41 bits per heavy atom. The molecule has 2 N–H and O–H groups in total. The number of carbonyl (C=O) groups is 1. The Bertz CT molecular complexity index is 418. The van der Waals surface area contributed by atoms with Gasteiger partial charge in [-0.05, 0) is 59.8 Å². The zero-order valence-corrected chi connectivity index (χ0v) is 11.7. The van der Waals surface area contributed by atoms with Crippen molar-refractivity contribution in [3.05, 3.63) is 27.7 Å². The second kappa shape index (κ2) is 5.08. The number of aryl methyl sites for hydroxylation is 2. The van der Waals surface area contributed by atoms with Crippen molar-refractivity contribution in [2.45, 2.75) is 32.7 Å². The van der Waals surface area contributed by atoms with E-state index in [9.17, 15) is 4.79 Å². The molecule has 1 saturated carbocycles. The van der Waals surface area contributed by atoms with Crippen LogP contribution in [0, 0.1) is 13.8 Å². The fraction of sp³-hybridized carbons (Fsp3) is 0.462. The molecule has 17 heavy (non-hydrogen) atoms. The summed E-state index contributed by atoms with van der Waals surface area (Å²) in [6, 6.07) is 4.58. The Labute approximate surface area is 110 Å². The second-order valence-electron chi connectivity index (χ2n) is 4.63. The lowest BCUT2D eigenvalue weighted by molar-refractivity contribution is -0.119. The minimum absolute atomic E-state index is 0.0689. The molecule has 2 rings (SSSR count). The fourth-order valence-electron chi connectivity index (χ4n) is 1.81. The quantitative estimate of drug-likeness (QED) is 0.897. The van der Waals surface area contributed by atoms with Crippen molar-refractivity contribution in [3.63, 3.8) is 0 Å². The standard InChI is InChI=1S/C13H17BrN2O/c1-8-5-9(2)13(11(14)6-8)15-7-12(17)16-10-3-4-10/h5-6,10,15H,3-4,7H2,1-2H3,(H,16,17). The minimum Gasteiger partial charge on any atom is -0.375 e. The molecule has 1 aromatic rings. The third kappa shape index (κ3) is 3.46. The van der Waals surface area contributed by atoms with Gasteiger partial charge in [-0.3, -0.25) is 4.79 Å². The number of amides is 1. The molecule has 0 aromatic heterocycles. The molecule has 0 radical (unpaired) electrons. The minimum atomic E-state index is 0.0689. The lowest BCUT2D eigenvalue weighted by Gasteiger charge is -2.12. The van der Waals surface area contributed by atoms with Gasteiger partial charge in [0.15, 0.2) is 0 Å². The van der Waals surface area contributed by atoms with Gasteiger partial charge in [0.25, 0.3) is 0 Å². The van der Waals surface area contributed by atoms with Crippen LogP contribution in [0.3, 0.4) is 0 Å². The maximum atomic E-state index is 11.6. The first-order chi connectivity index (χ1) is 8.06. The molecule has 0 spiro atoms. The van der Waals surface area contributed by atoms with Crippen LogP contribution in [0.25, 0.3) is 0 Å². The van der Waals surface area contributed by atoms with E-state index in [-0.39, 0.29) is 5.91 Å². The number of anilines is 1. The van der Waals surface area contributed by atoms with Crippen molar-refractivity contribution in [2.24, 2.45) is 0 Å². The van der Waals surface area contributed by atoms with Crippen LogP contribution in [0.15, 0.2) is 16.6 Å². The maximum absolute atomic E-state index is 11.6. The predicted molar refractivity (Wildman–Crippen MR) is 73.3 cm³/mol. The van der Waals surface area contributed by atoms with Crippen molar-refractivity contribution in [3.8, 4) is 0 Å². The Morgan fingerprint density at radius 3 is 2.71 bits per heavy atom. The van der Waals surface area contributed by atoms with Crippen LogP contribution in [0.5, 0.6) is 0 Å². The van der Waals surface area contributed by atoms with Gasteiger partial charge in [0, 0.05) is 10.5 Å². The van der Waals surface area contributed by atoms with Crippen LogP contribution in [0.1, 0.15) is 24.0 Å². The highest BCUT2D eigenvalue weighted by atomic mass is 79.9. The summed E-state index contributed by atoms with van der Waals surface area (Å²) in [5, 5.41) is 6.14. The molecule has 4 heteroatoms. The van der Waals surface area contributed by atoms with E-state index in [0.717, 1.165) is 28.6 Å². The highest BCUT2D eigenvalue weighted by molar-refractivity contribution is 9.10. The highest BCUT2D eigenvalue weighted by Gasteiger charge is 2.22. The summed E-state index contributed by atoms with van der Waals surface area (Å²) in [6.07, 6.45) is 2.25. The van der Waals surface area contributed by atoms with E-state index in [2.05, 4.69) is 39.6 Å². The van der Waals surface area contributed by atoms with Crippen LogP contribution in [-0.2, 0) is 4.79 Å². The number of hydrogen-bond donors (Lipinski definition) is 2. The van der Waals surface area contributed by atoms with Gasteiger partial charge in [0.1, 0.15) is 0 Å². The summed E-state index contributed by atoms with van der Waals surface area (Å²) in [5.41, 5.74) is 3.36. The molecule has 0 saturated heterocycles. The molecule has 92 valence electrons. The molecular formula is C13H17BrN2O. The van der Waals surface area contributed by atoms with Gasteiger partial charge in [-0.1, -0.05) is 6.07 Å². The van der Waals surface area contributed by atoms with Gasteiger partial charge in [-0.15, -0.1) is 0 Å². The third-order valence-corrected chi connectivity index (χ3v) is 3.43. The van der Waals surface area contributed by atoms with Gasteiger partial charge >= 0.3 is 0 Å². The van der Waals surface area contributed by atoms with Crippen molar-refractivity contribution in [1.29, 1.82) is 0 Å². The van der Waals surface area contributed by atoms with E-state index < -0.39 is 0 Å². The fourth-order valence-corrected chi connectivity index (χ4v) is 2.63. The number of rotatable bonds is 4. The van der Waals surface area contributed by atoms with Crippen molar-refractivity contribution >= 4 is 27.5 Å². The van der Waals surface area contributed by atoms with Gasteiger partial charge in [-0.2, -0.15) is 0 Å². The molecule has 0 heterocycles. The van der Waals surface area contributed by atoms with Crippen LogP contribution in [0.2, 0.25) is 0 Å². The lowest BCUT2D eigenvalue weighted by Crippen LogP contribution is -2.31. The normalized spacial score (nSPS) is 14.5. The number of benzene rings is 1. The summed E-state index contributed by atoms with van der Waals surface area (Å²) < 4.78 is 1.01. The zero-order chi connectivity index (χ0) is 12.4. The Morgan fingerprint density at radius 2 is 2.12 bits per heavy atom. The van der Waals surface area contributed by atoms with Crippen LogP contribution in [-0.4, -0.2) is 18.5 Å². The van der Waals surface area contributed by atoms with E-state index in [1.54, 1.807) is 0 Å². The van der Waals surface area contributed by atoms with E-state index in [0.29, 0.717) is 12.6 Å². The average molecular weight is 297 g/mol. The molecule has 0 bridgehead atoms. The molecule has 1 fully saturated rings. The van der Waals surface area contributed by atoms with Gasteiger partial charge in [-0.25, -0.2) is 0 Å². The molecule has 1 aliphatic carbocycles. The average Bonchev–Trinajstić information content (AvgIpc) is 2.99. The first-order valence-electron chi connectivity index (χ1n) is 5.86. The van der Waals surface area contributed by atoms with Gasteiger partial charge in [0.05, 0.1) is 12.2 Å². The summed E-state index contributed by atoms with van der Waals surface area (Å²) in [6.45, 7) is 4.43. The van der Waals surface area contributed by atoms with Crippen molar-refractivity contribution in [1.82, 2.24) is 5.32 Å². The molecule has 0 unspecified atom stereocenters. The van der Waals surface area contributed by atoms with E-state index >= 15 is 0 Å². The monoisotopic (exact) mass is 296 g/mol. The Balaban J connectivity index is 1.95. The number of nitrogens with one attached hydrogen (secondary N) is 2. The predicted octanol–water partition coefficient (Wildman–Crippen LogP) is 2.76. The molecule has 1 aliphatic rings. The van der Waals surface area contributed by atoms with Gasteiger partial charge < -0.3 is 10.6 Å². The molecule has 0 aliphatic heterocycles. The van der Waals surface area contributed by atoms with Crippen LogP contribution < -0.4 is 10.6 Å². The number of hydrogen-bond acceptors (Lipinski definition) is 2. The maximum Gasteiger partial charge on any atom is 0.239 e. The van der Waals surface area contributed by atoms with Crippen LogP contribution in [0.4, 0.5) is 5.69 Å². The Kier molecular flexibility index (Phi) is 3.72. The smallest absolute Gasteiger partial charge is 0.239 e. The summed E-state index contributed by atoms with van der Waals surface area (Å²) in [7, 11) is 0. The van der Waals surface area contributed by atoms with Crippen molar-refractivity contribution < 1.29 is 4.79 Å². The molecule has 0 atom stereocenters. The third-order valence-electron chi connectivity index (χ3n) is 2.80. The largest absolute Gasteiger partial charge is 0.375 e. The number of carbonyl (C=O) groups excluding carboxylic acids is 1. The van der Waals surface area contributed by atoms with Crippen LogP contribution >= 0.6 is 15.9 Å². The summed E-state index contributed by atoms with van der Waals surface area (Å²) >= 11 is 3.52. The second-order valence-corrected chi connectivity index (χ2v) is 5.49. The molecule has 1 aromatic carbocycles. The number of halogens is 1. The van der Waals surface area contributed by atoms with Crippen molar-refractivity contribution in [2.75, 3.05) is 11.9 Å². The SMILES string of the molecule is Cc1cc(C)c(NCC(=O)NC2CC2)c(Br)c1. The lowest BCUT2D eigenvalue weighted by atomic mass is 10.1. The highest BCUT2D eigenvalue weighted by Crippen LogP contribution is 2.27. The van der Waals surface area contributed by atoms with Gasteiger partial charge in [0.2, 0.25) is 5.91 Å². The molecule has 3 nitrogen and oxygen atoms in total.